The van der Waals surface area contributed by atoms with Crippen LogP contribution in [0.25, 0.3) is 0 Å². The van der Waals surface area contributed by atoms with Gasteiger partial charge < -0.3 is 15.4 Å². The normalized spacial score (nSPS) is 11.5. The second-order valence-corrected chi connectivity index (χ2v) is 5.01. The maximum atomic E-state index is 12.0. The lowest BCUT2D eigenvalue weighted by molar-refractivity contribution is -0.130. The molecule has 120 valence electrons. The Bertz CT molecular complexity index is 569. The Labute approximate surface area is 130 Å². The van der Waals surface area contributed by atoms with Gasteiger partial charge in [-0.15, -0.1) is 0 Å². The molecule has 1 rings (SSSR count). The Morgan fingerprint density at radius 3 is 2.55 bits per heavy atom. The summed E-state index contributed by atoms with van der Waals surface area (Å²) in [6.45, 7) is 7.14. The van der Waals surface area contributed by atoms with Crippen molar-refractivity contribution in [2.75, 3.05) is 13.2 Å². The zero-order valence-corrected chi connectivity index (χ0v) is 13.4. The van der Waals surface area contributed by atoms with Crippen LogP contribution in [0.5, 0.6) is 0 Å². The molecule has 0 fully saturated rings. The Morgan fingerprint density at radius 2 is 1.91 bits per heavy atom. The van der Waals surface area contributed by atoms with Crippen molar-refractivity contribution in [3.05, 3.63) is 34.9 Å². The number of benzene rings is 1. The van der Waals surface area contributed by atoms with Gasteiger partial charge in [-0.2, -0.15) is 0 Å². The number of likely N-dealkylation sites (N-methyl/N-ethyl adjacent to an activating group) is 1. The van der Waals surface area contributed by atoms with Gasteiger partial charge in [0.25, 0.3) is 5.91 Å². The molecule has 22 heavy (non-hydrogen) atoms. The van der Waals surface area contributed by atoms with E-state index >= 15 is 0 Å². The molecule has 0 heterocycles. The van der Waals surface area contributed by atoms with E-state index in [0.717, 1.165) is 11.1 Å². The van der Waals surface area contributed by atoms with Gasteiger partial charge in [-0.05, 0) is 44.9 Å². The molecule has 0 bridgehead atoms. The third kappa shape index (κ3) is 4.87. The monoisotopic (exact) mass is 306 g/mol. The van der Waals surface area contributed by atoms with Crippen molar-refractivity contribution in [3.63, 3.8) is 0 Å². The molecule has 1 aromatic rings. The van der Waals surface area contributed by atoms with E-state index in [-0.39, 0.29) is 5.91 Å². The summed E-state index contributed by atoms with van der Waals surface area (Å²) in [6.07, 6.45) is 0. The molecule has 1 atom stereocenters. The number of nitrogens with one attached hydrogen (secondary N) is 2. The number of hydrogen-bond acceptors (Lipinski definition) is 4. The summed E-state index contributed by atoms with van der Waals surface area (Å²) in [4.78, 5) is 35.1. The lowest BCUT2D eigenvalue weighted by atomic mass is 10.0. The standard InChI is InChI=1S/C16H22N2O4/c1-5-17-15(20)12(4)18-14(19)9-22-16(21)13-8-6-7-10(2)11(13)3/h6-8,12H,5,9H2,1-4H3,(H,17,20)(H,18,19)/t12-/m0/s1. The van der Waals surface area contributed by atoms with E-state index in [0.29, 0.717) is 12.1 Å². The minimum absolute atomic E-state index is 0.281. The van der Waals surface area contributed by atoms with Gasteiger partial charge in [-0.3, -0.25) is 9.59 Å². The summed E-state index contributed by atoms with van der Waals surface area (Å²) >= 11 is 0. The lowest BCUT2D eigenvalue weighted by Gasteiger charge is -2.13. The van der Waals surface area contributed by atoms with Crippen molar-refractivity contribution in [1.82, 2.24) is 10.6 Å². The highest BCUT2D eigenvalue weighted by atomic mass is 16.5. The van der Waals surface area contributed by atoms with Crippen LogP contribution in [-0.4, -0.2) is 37.0 Å². The first kappa shape index (κ1) is 17.7. The third-order valence-electron chi connectivity index (χ3n) is 3.28. The van der Waals surface area contributed by atoms with Gasteiger partial charge >= 0.3 is 5.97 Å². The number of esters is 1. The number of aryl methyl sites for hydroxylation is 1. The fourth-order valence-electron chi connectivity index (χ4n) is 1.86. The lowest BCUT2D eigenvalue weighted by Crippen LogP contribution is -2.46. The number of hydrogen-bond donors (Lipinski definition) is 2. The number of carbonyl (C=O) groups is 3. The minimum Gasteiger partial charge on any atom is -0.452 e. The predicted molar refractivity (Wildman–Crippen MR) is 82.5 cm³/mol. The smallest absolute Gasteiger partial charge is 0.338 e. The van der Waals surface area contributed by atoms with Crippen LogP contribution in [-0.2, 0) is 14.3 Å². The minimum atomic E-state index is -0.674. The van der Waals surface area contributed by atoms with Crippen molar-refractivity contribution in [3.8, 4) is 0 Å². The number of amides is 2. The maximum absolute atomic E-state index is 12.0. The molecule has 0 aliphatic heterocycles. The maximum Gasteiger partial charge on any atom is 0.338 e. The van der Waals surface area contributed by atoms with Crippen molar-refractivity contribution in [2.24, 2.45) is 0 Å². The average molecular weight is 306 g/mol. The van der Waals surface area contributed by atoms with Gasteiger partial charge in [0.1, 0.15) is 6.04 Å². The van der Waals surface area contributed by atoms with Gasteiger partial charge in [0.05, 0.1) is 5.56 Å². The van der Waals surface area contributed by atoms with E-state index in [9.17, 15) is 14.4 Å². The Hall–Kier alpha value is -2.37. The van der Waals surface area contributed by atoms with E-state index in [1.165, 1.54) is 0 Å². The number of rotatable bonds is 6. The highest BCUT2D eigenvalue weighted by Gasteiger charge is 2.17. The molecule has 6 heteroatoms. The molecule has 0 spiro atoms. The molecule has 1 aromatic carbocycles. The SMILES string of the molecule is CCNC(=O)[C@H](C)NC(=O)COC(=O)c1cccc(C)c1C. The van der Waals surface area contributed by atoms with Crippen LogP contribution < -0.4 is 10.6 Å². The van der Waals surface area contributed by atoms with Crippen LogP contribution in [0.3, 0.4) is 0 Å². The fourth-order valence-corrected chi connectivity index (χ4v) is 1.86. The quantitative estimate of drug-likeness (QED) is 0.771. The second-order valence-electron chi connectivity index (χ2n) is 5.01. The molecule has 0 saturated carbocycles. The van der Waals surface area contributed by atoms with E-state index in [4.69, 9.17) is 4.74 Å². The van der Waals surface area contributed by atoms with Crippen LogP contribution in [0, 0.1) is 13.8 Å². The Balaban J connectivity index is 2.52. The number of carbonyl (C=O) groups excluding carboxylic acids is 3. The van der Waals surface area contributed by atoms with Gasteiger partial charge in [0.15, 0.2) is 6.61 Å². The van der Waals surface area contributed by atoms with Crippen molar-refractivity contribution in [1.29, 1.82) is 0 Å². The average Bonchev–Trinajstić information content (AvgIpc) is 2.47. The first-order valence-electron chi connectivity index (χ1n) is 7.17. The summed E-state index contributed by atoms with van der Waals surface area (Å²) in [6, 6.07) is 4.63. The van der Waals surface area contributed by atoms with Crippen LogP contribution in [0.1, 0.15) is 35.3 Å². The van der Waals surface area contributed by atoms with Crippen LogP contribution in [0.15, 0.2) is 18.2 Å². The Morgan fingerprint density at radius 1 is 1.23 bits per heavy atom. The molecule has 0 saturated heterocycles. The summed E-state index contributed by atoms with van der Waals surface area (Å²) in [5.74, 6) is -1.35. The van der Waals surface area contributed by atoms with Crippen molar-refractivity contribution < 1.29 is 19.1 Å². The highest BCUT2D eigenvalue weighted by molar-refractivity contribution is 5.93. The zero-order valence-electron chi connectivity index (χ0n) is 13.4. The fraction of sp³-hybridized carbons (Fsp3) is 0.438. The van der Waals surface area contributed by atoms with Crippen LogP contribution in [0.2, 0.25) is 0 Å². The topological polar surface area (TPSA) is 84.5 Å². The summed E-state index contributed by atoms with van der Waals surface area (Å²) in [5.41, 5.74) is 2.23. The van der Waals surface area contributed by atoms with E-state index in [2.05, 4.69) is 10.6 Å². The van der Waals surface area contributed by atoms with E-state index < -0.39 is 24.5 Å². The Kier molecular flexibility index (Phi) is 6.56. The molecule has 0 radical (unpaired) electrons. The van der Waals surface area contributed by atoms with Crippen molar-refractivity contribution >= 4 is 17.8 Å². The molecule has 0 aromatic heterocycles. The first-order valence-corrected chi connectivity index (χ1v) is 7.17. The molecule has 2 N–H and O–H groups in total. The van der Waals surface area contributed by atoms with Gasteiger partial charge in [-0.25, -0.2) is 4.79 Å². The molecule has 2 amide bonds. The van der Waals surface area contributed by atoms with E-state index in [1.54, 1.807) is 26.0 Å². The predicted octanol–water partition coefficient (Wildman–Crippen LogP) is 1.10. The van der Waals surface area contributed by atoms with Crippen LogP contribution >= 0.6 is 0 Å². The zero-order chi connectivity index (χ0) is 16.7. The summed E-state index contributed by atoms with van der Waals surface area (Å²) < 4.78 is 4.98. The van der Waals surface area contributed by atoms with Gasteiger partial charge in [-0.1, -0.05) is 12.1 Å². The summed E-state index contributed by atoms with van der Waals surface area (Å²) in [5, 5.41) is 5.06. The highest BCUT2D eigenvalue weighted by Crippen LogP contribution is 2.13. The molecule has 0 aliphatic carbocycles. The van der Waals surface area contributed by atoms with Crippen molar-refractivity contribution in [2.45, 2.75) is 33.7 Å². The third-order valence-corrected chi connectivity index (χ3v) is 3.28. The largest absolute Gasteiger partial charge is 0.452 e. The summed E-state index contributed by atoms with van der Waals surface area (Å²) in [7, 11) is 0. The van der Waals surface area contributed by atoms with E-state index in [1.807, 2.05) is 19.9 Å². The van der Waals surface area contributed by atoms with Gasteiger partial charge in [0.2, 0.25) is 5.91 Å². The second kappa shape index (κ2) is 8.17. The molecular formula is C16H22N2O4. The molecular weight excluding hydrogens is 284 g/mol. The molecule has 6 nitrogen and oxygen atoms in total. The first-order chi connectivity index (χ1) is 10.4. The van der Waals surface area contributed by atoms with Crippen LogP contribution in [0.4, 0.5) is 0 Å². The van der Waals surface area contributed by atoms with Gasteiger partial charge in [0, 0.05) is 6.54 Å². The molecule has 0 unspecified atom stereocenters. The number of ether oxygens (including phenoxy) is 1. The molecule has 0 aliphatic rings.